The number of carbonyl (C=O) groups excluding carboxylic acids is 1. The quantitative estimate of drug-likeness (QED) is 0.677. The third kappa shape index (κ3) is 3.79. The minimum absolute atomic E-state index is 0.176. The van der Waals surface area contributed by atoms with Gasteiger partial charge in [-0.25, -0.2) is 4.79 Å². The largest absolute Gasteiger partial charge is 0.496 e. The highest BCUT2D eigenvalue weighted by atomic mass is 16.5. The highest BCUT2D eigenvalue weighted by molar-refractivity contribution is 5.99. The zero-order valence-electron chi connectivity index (χ0n) is 15.5. The van der Waals surface area contributed by atoms with Crippen molar-refractivity contribution in [2.24, 2.45) is 0 Å². The molecule has 1 heterocycles. The van der Waals surface area contributed by atoms with Crippen molar-refractivity contribution < 1.29 is 18.7 Å². The van der Waals surface area contributed by atoms with Gasteiger partial charge in [0.2, 0.25) is 0 Å². The molecule has 6 nitrogen and oxygen atoms in total. The van der Waals surface area contributed by atoms with Gasteiger partial charge in [-0.3, -0.25) is 4.79 Å². The molecule has 140 valence electrons. The van der Waals surface area contributed by atoms with Crippen molar-refractivity contribution in [2.75, 3.05) is 14.2 Å². The van der Waals surface area contributed by atoms with Crippen molar-refractivity contribution >= 4 is 16.9 Å². The van der Waals surface area contributed by atoms with Crippen LogP contribution in [0, 0.1) is 0 Å². The number of hydrogen-bond acceptors (Lipinski definition) is 5. The zero-order valence-corrected chi connectivity index (χ0v) is 15.5. The lowest BCUT2D eigenvalue weighted by molar-refractivity contribution is 0.0944. The molecule has 0 radical (unpaired) electrons. The second-order valence-electron chi connectivity index (χ2n) is 5.99. The molecule has 0 aliphatic rings. The first kappa shape index (κ1) is 18.5. The third-order valence-corrected chi connectivity index (χ3v) is 4.40. The van der Waals surface area contributed by atoms with Gasteiger partial charge in [0.15, 0.2) is 0 Å². The molecule has 3 aromatic rings. The molecule has 0 spiro atoms. The topological polar surface area (TPSA) is 77.8 Å². The molecular formula is C21H21NO5. The number of carbonyl (C=O) groups is 1. The lowest BCUT2D eigenvalue weighted by Crippen LogP contribution is -2.24. The lowest BCUT2D eigenvalue weighted by Gasteiger charge is -2.13. The van der Waals surface area contributed by atoms with Crippen molar-refractivity contribution in [3.8, 4) is 11.5 Å². The van der Waals surface area contributed by atoms with E-state index in [1.807, 2.05) is 12.1 Å². The highest BCUT2D eigenvalue weighted by Gasteiger charge is 2.18. The van der Waals surface area contributed by atoms with E-state index in [9.17, 15) is 9.59 Å². The number of nitrogens with one attached hydrogen (secondary N) is 1. The van der Waals surface area contributed by atoms with Crippen LogP contribution >= 0.6 is 0 Å². The van der Waals surface area contributed by atoms with E-state index in [2.05, 4.69) is 12.2 Å². The number of rotatable bonds is 6. The molecule has 0 aliphatic heterocycles. The van der Waals surface area contributed by atoms with Gasteiger partial charge >= 0.3 is 5.63 Å². The van der Waals surface area contributed by atoms with Gasteiger partial charge in [-0.1, -0.05) is 19.1 Å². The molecule has 1 N–H and O–H groups in total. The first-order valence-electron chi connectivity index (χ1n) is 8.62. The van der Waals surface area contributed by atoms with Crippen LogP contribution in [0.3, 0.4) is 0 Å². The smallest absolute Gasteiger partial charge is 0.336 e. The Morgan fingerprint density at radius 3 is 2.41 bits per heavy atom. The molecule has 0 aliphatic carbocycles. The summed E-state index contributed by atoms with van der Waals surface area (Å²) in [7, 11) is 2.99. The summed E-state index contributed by atoms with van der Waals surface area (Å²) in [5, 5.41) is 3.65. The summed E-state index contributed by atoms with van der Waals surface area (Å²) in [5.41, 5.74) is 2.17. The van der Waals surface area contributed by atoms with Crippen LogP contribution in [0.25, 0.3) is 11.0 Å². The minimum Gasteiger partial charge on any atom is -0.496 e. The monoisotopic (exact) mass is 367 g/mol. The number of amides is 1. The number of fused-ring (bicyclic) bond motifs is 1. The summed E-state index contributed by atoms with van der Waals surface area (Å²) in [6.45, 7) is 2.23. The van der Waals surface area contributed by atoms with Gasteiger partial charge in [0, 0.05) is 18.0 Å². The highest BCUT2D eigenvalue weighted by Crippen LogP contribution is 2.28. The van der Waals surface area contributed by atoms with Crippen molar-refractivity contribution in [3.63, 3.8) is 0 Å². The Balaban J connectivity index is 1.93. The Morgan fingerprint density at radius 2 is 1.78 bits per heavy atom. The van der Waals surface area contributed by atoms with E-state index in [0.29, 0.717) is 28.2 Å². The fourth-order valence-corrected chi connectivity index (χ4v) is 2.98. The molecule has 0 saturated heterocycles. The minimum atomic E-state index is -0.453. The normalized spacial score (nSPS) is 10.6. The van der Waals surface area contributed by atoms with Crippen molar-refractivity contribution in [2.45, 2.75) is 19.9 Å². The lowest BCUT2D eigenvalue weighted by atomic mass is 10.1. The van der Waals surface area contributed by atoms with Crippen LogP contribution in [-0.4, -0.2) is 20.1 Å². The van der Waals surface area contributed by atoms with Crippen LogP contribution < -0.4 is 20.4 Å². The summed E-state index contributed by atoms with van der Waals surface area (Å²) >= 11 is 0. The fourth-order valence-electron chi connectivity index (χ4n) is 2.98. The Morgan fingerprint density at radius 1 is 1.07 bits per heavy atom. The van der Waals surface area contributed by atoms with Crippen LogP contribution in [0.2, 0.25) is 0 Å². The zero-order chi connectivity index (χ0) is 19.4. The second kappa shape index (κ2) is 7.95. The first-order chi connectivity index (χ1) is 13.1. The van der Waals surface area contributed by atoms with Crippen LogP contribution in [0.5, 0.6) is 11.5 Å². The molecular weight excluding hydrogens is 346 g/mol. The van der Waals surface area contributed by atoms with E-state index < -0.39 is 5.63 Å². The number of hydrogen-bond donors (Lipinski definition) is 1. The molecule has 6 heteroatoms. The number of methoxy groups -OCH3 is 2. The molecule has 1 aromatic heterocycles. The van der Waals surface area contributed by atoms with Gasteiger partial charge in [-0.2, -0.15) is 0 Å². The van der Waals surface area contributed by atoms with Crippen LogP contribution in [0.1, 0.15) is 28.4 Å². The van der Waals surface area contributed by atoms with Crippen LogP contribution in [-0.2, 0) is 13.0 Å². The van der Waals surface area contributed by atoms with Gasteiger partial charge in [0.1, 0.15) is 22.6 Å². The van der Waals surface area contributed by atoms with E-state index in [-0.39, 0.29) is 12.5 Å². The van der Waals surface area contributed by atoms with Gasteiger partial charge in [0.25, 0.3) is 5.91 Å². The first-order valence-corrected chi connectivity index (χ1v) is 8.62. The molecule has 0 unspecified atom stereocenters. The fraction of sp³-hybridized carbons (Fsp3) is 0.238. The molecule has 0 saturated carbocycles. The Kier molecular flexibility index (Phi) is 5.45. The van der Waals surface area contributed by atoms with Gasteiger partial charge < -0.3 is 19.2 Å². The van der Waals surface area contributed by atoms with Crippen molar-refractivity contribution in [1.29, 1.82) is 0 Å². The Bertz CT molecular complexity index is 1020. The summed E-state index contributed by atoms with van der Waals surface area (Å²) in [4.78, 5) is 24.6. The third-order valence-electron chi connectivity index (χ3n) is 4.40. The summed E-state index contributed by atoms with van der Waals surface area (Å²) in [6, 6.07) is 12.2. The van der Waals surface area contributed by atoms with E-state index >= 15 is 0 Å². The average molecular weight is 367 g/mol. The maximum atomic E-state index is 12.7. The maximum absolute atomic E-state index is 12.7. The molecule has 0 bridgehead atoms. The summed E-state index contributed by atoms with van der Waals surface area (Å²) in [6.07, 6.45) is 0.860. The van der Waals surface area contributed by atoms with Gasteiger partial charge in [0.05, 0.1) is 14.2 Å². The average Bonchev–Trinajstić information content (AvgIpc) is 2.70. The summed E-state index contributed by atoms with van der Waals surface area (Å²) < 4.78 is 15.8. The van der Waals surface area contributed by atoms with Crippen molar-refractivity contribution in [3.05, 3.63) is 69.6 Å². The molecule has 0 atom stereocenters. The Hall–Kier alpha value is -3.28. The van der Waals surface area contributed by atoms with Crippen LogP contribution in [0.4, 0.5) is 0 Å². The molecule has 0 fully saturated rings. The molecule has 2 aromatic carbocycles. The predicted molar refractivity (Wildman–Crippen MR) is 103 cm³/mol. The number of ether oxygens (including phenoxy) is 2. The number of aryl methyl sites for hydroxylation is 1. The molecule has 1 amide bonds. The van der Waals surface area contributed by atoms with Crippen LogP contribution in [0.15, 0.2) is 51.7 Å². The number of benzene rings is 2. The standard InChI is InChI=1S/C21H21NO5/c1-4-13-8-9-16-15(10-13)14(11-19(23)27-16)12-22-21(24)20-17(25-2)6-5-7-18(20)26-3/h5-11H,4,12H2,1-3H3,(H,22,24). The van der Waals surface area contributed by atoms with E-state index in [0.717, 1.165) is 17.4 Å². The molecule has 3 rings (SSSR count). The van der Waals surface area contributed by atoms with Crippen molar-refractivity contribution in [1.82, 2.24) is 5.32 Å². The Labute approximate surface area is 156 Å². The van der Waals surface area contributed by atoms with Gasteiger partial charge in [-0.15, -0.1) is 0 Å². The van der Waals surface area contributed by atoms with E-state index in [4.69, 9.17) is 13.9 Å². The molecule has 27 heavy (non-hydrogen) atoms. The second-order valence-corrected chi connectivity index (χ2v) is 5.99. The van der Waals surface area contributed by atoms with Gasteiger partial charge in [-0.05, 0) is 41.8 Å². The van der Waals surface area contributed by atoms with E-state index in [1.54, 1.807) is 24.3 Å². The summed E-state index contributed by atoms with van der Waals surface area (Å²) in [5.74, 6) is 0.479. The SMILES string of the molecule is CCc1ccc2oc(=O)cc(CNC(=O)c3c(OC)cccc3OC)c2c1. The predicted octanol–water partition coefficient (Wildman–Crippen LogP) is 3.30. The maximum Gasteiger partial charge on any atom is 0.336 e. The van der Waals surface area contributed by atoms with E-state index in [1.165, 1.54) is 20.3 Å².